The summed E-state index contributed by atoms with van der Waals surface area (Å²) in [6, 6.07) is 8.49. The smallest absolute Gasteiger partial charge is 0.355 e. The minimum absolute atomic E-state index is 0.136. The Morgan fingerprint density at radius 3 is 2.83 bits per heavy atom. The van der Waals surface area contributed by atoms with Gasteiger partial charge in [-0.1, -0.05) is 6.92 Å². The maximum Gasteiger partial charge on any atom is 0.355 e. The van der Waals surface area contributed by atoms with Crippen molar-refractivity contribution in [1.82, 2.24) is 9.55 Å². The number of aromatic nitrogens is 2. The van der Waals surface area contributed by atoms with Gasteiger partial charge in [0.05, 0.1) is 29.0 Å². The number of phenolic OH excluding ortho intramolecular Hbond substituents is 1. The second-order valence-corrected chi connectivity index (χ2v) is 7.54. The van der Waals surface area contributed by atoms with Crippen molar-refractivity contribution in [2.24, 2.45) is 0 Å². The number of hydrogen-bond acceptors (Lipinski definition) is 7. The Kier molecular flexibility index (Phi) is 3.77. The highest BCUT2D eigenvalue weighted by Crippen LogP contribution is 2.41. The van der Waals surface area contributed by atoms with E-state index < -0.39 is 17.5 Å². The van der Waals surface area contributed by atoms with E-state index in [1.807, 2.05) is 6.07 Å². The summed E-state index contributed by atoms with van der Waals surface area (Å²) in [6.07, 6.45) is 0.137. The van der Waals surface area contributed by atoms with Crippen molar-refractivity contribution in [3.8, 4) is 17.1 Å². The van der Waals surface area contributed by atoms with Crippen LogP contribution in [0.1, 0.15) is 37.0 Å². The number of phenols is 1. The van der Waals surface area contributed by atoms with Gasteiger partial charge in [-0.15, -0.1) is 0 Å². The first-order valence-corrected chi connectivity index (χ1v) is 9.61. The Hall–Kier alpha value is -3.68. The average Bonchev–Trinajstić information content (AvgIpc) is 3.06. The van der Waals surface area contributed by atoms with Gasteiger partial charge in [-0.3, -0.25) is 9.59 Å². The van der Waals surface area contributed by atoms with Gasteiger partial charge in [0, 0.05) is 23.4 Å². The SMILES string of the molecule is CC[C@@]1(OC(C)=O)C(=O)OCc2c1cc1n(c2=O)Cc2cc3cc(O)ccc3nc2-1. The van der Waals surface area contributed by atoms with Gasteiger partial charge in [0.25, 0.3) is 5.56 Å². The topological polar surface area (TPSA) is 108 Å². The first-order chi connectivity index (χ1) is 14.3. The Balaban J connectivity index is 1.78. The fourth-order valence-corrected chi connectivity index (χ4v) is 4.38. The number of pyridine rings is 2. The molecule has 1 N–H and O–H groups in total. The Morgan fingerprint density at radius 1 is 1.30 bits per heavy atom. The molecule has 1 atom stereocenters. The van der Waals surface area contributed by atoms with Gasteiger partial charge < -0.3 is 19.1 Å². The van der Waals surface area contributed by atoms with Crippen molar-refractivity contribution in [2.45, 2.75) is 39.0 Å². The number of ether oxygens (including phenoxy) is 2. The van der Waals surface area contributed by atoms with E-state index in [0.717, 1.165) is 10.9 Å². The number of benzene rings is 1. The number of nitrogens with zero attached hydrogens (tertiary/aromatic N) is 2. The summed E-state index contributed by atoms with van der Waals surface area (Å²) in [7, 11) is 0. The molecule has 2 aliphatic heterocycles. The third-order valence-corrected chi connectivity index (χ3v) is 5.78. The zero-order valence-corrected chi connectivity index (χ0v) is 16.4. The summed E-state index contributed by atoms with van der Waals surface area (Å²) in [6.45, 7) is 3.07. The zero-order chi connectivity index (χ0) is 21.2. The number of esters is 2. The van der Waals surface area contributed by atoms with Gasteiger partial charge in [0.2, 0.25) is 5.60 Å². The van der Waals surface area contributed by atoms with Crippen LogP contribution in [0.2, 0.25) is 0 Å². The summed E-state index contributed by atoms with van der Waals surface area (Å²) in [5, 5.41) is 10.5. The van der Waals surface area contributed by atoms with Crippen LogP contribution in [0.15, 0.2) is 35.1 Å². The van der Waals surface area contributed by atoms with Crippen LogP contribution in [-0.2, 0) is 37.8 Å². The number of hydrogen-bond donors (Lipinski definition) is 1. The fraction of sp³-hybridized carbons (Fsp3) is 0.273. The number of fused-ring (bicyclic) bond motifs is 5. The summed E-state index contributed by atoms with van der Waals surface area (Å²) in [5.41, 5.74) is 1.39. The van der Waals surface area contributed by atoms with E-state index in [1.165, 1.54) is 6.92 Å². The molecule has 4 heterocycles. The Labute approximate surface area is 170 Å². The van der Waals surface area contributed by atoms with E-state index in [9.17, 15) is 19.5 Å². The van der Waals surface area contributed by atoms with E-state index in [0.29, 0.717) is 34.6 Å². The first kappa shape index (κ1) is 18.4. The minimum Gasteiger partial charge on any atom is -0.508 e. The van der Waals surface area contributed by atoms with Crippen LogP contribution < -0.4 is 5.56 Å². The lowest BCUT2D eigenvalue weighted by Gasteiger charge is -2.35. The second-order valence-electron chi connectivity index (χ2n) is 7.54. The second kappa shape index (κ2) is 6.16. The lowest BCUT2D eigenvalue weighted by molar-refractivity contribution is -0.188. The van der Waals surface area contributed by atoms with Gasteiger partial charge in [0.15, 0.2) is 0 Å². The van der Waals surface area contributed by atoms with E-state index in [2.05, 4.69) is 4.98 Å². The Bertz CT molecular complexity index is 1330. The van der Waals surface area contributed by atoms with Crippen molar-refractivity contribution in [2.75, 3.05) is 0 Å². The van der Waals surface area contributed by atoms with Gasteiger partial charge >= 0.3 is 11.9 Å². The minimum atomic E-state index is -1.65. The molecule has 0 spiro atoms. The molecule has 3 aromatic rings. The molecule has 5 rings (SSSR count). The van der Waals surface area contributed by atoms with Gasteiger partial charge in [-0.2, -0.15) is 0 Å². The van der Waals surface area contributed by atoms with Crippen molar-refractivity contribution in [3.63, 3.8) is 0 Å². The third-order valence-electron chi connectivity index (χ3n) is 5.78. The standard InChI is InChI=1S/C22H18N2O6/c1-3-22(30-11(2)25)16-8-18-19-13(6-12-7-14(26)4-5-17(12)23-19)9-24(18)20(27)15(16)10-29-21(22)28/h4-8,26H,3,9-10H2,1-2H3/t22-/m0/s1. The molecule has 2 aliphatic rings. The number of cyclic esters (lactones) is 1. The van der Waals surface area contributed by atoms with E-state index in [-0.39, 0.29) is 24.3 Å². The normalized spacial score (nSPS) is 19.1. The molecule has 0 saturated heterocycles. The van der Waals surface area contributed by atoms with E-state index in [4.69, 9.17) is 9.47 Å². The number of rotatable bonds is 2. The average molecular weight is 406 g/mol. The van der Waals surface area contributed by atoms with Crippen LogP contribution >= 0.6 is 0 Å². The number of carbonyl (C=O) groups excluding carboxylic acids is 2. The molecular formula is C22H18N2O6. The van der Waals surface area contributed by atoms with Crippen molar-refractivity contribution < 1.29 is 24.2 Å². The highest BCUT2D eigenvalue weighted by atomic mass is 16.6. The third kappa shape index (κ3) is 2.39. The van der Waals surface area contributed by atoms with Crippen LogP contribution in [-0.4, -0.2) is 26.6 Å². The van der Waals surface area contributed by atoms with E-state index >= 15 is 0 Å². The van der Waals surface area contributed by atoms with Crippen LogP contribution in [0.3, 0.4) is 0 Å². The summed E-state index contributed by atoms with van der Waals surface area (Å²) in [4.78, 5) is 42.4. The summed E-state index contributed by atoms with van der Waals surface area (Å²) >= 11 is 0. The molecule has 0 radical (unpaired) electrons. The highest BCUT2D eigenvalue weighted by Gasteiger charge is 2.50. The molecule has 0 amide bonds. The molecule has 8 heteroatoms. The summed E-state index contributed by atoms with van der Waals surface area (Å²) < 4.78 is 12.3. The van der Waals surface area contributed by atoms with Crippen molar-refractivity contribution in [3.05, 3.63) is 57.4 Å². The lowest BCUT2D eigenvalue weighted by atomic mass is 9.85. The van der Waals surface area contributed by atoms with Gasteiger partial charge in [-0.25, -0.2) is 9.78 Å². The van der Waals surface area contributed by atoms with Crippen LogP contribution in [0.25, 0.3) is 22.3 Å². The fourth-order valence-electron chi connectivity index (χ4n) is 4.38. The molecule has 1 aromatic carbocycles. The monoisotopic (exact) mass is 406 g/mol. The molecule has 0 fully saturated rings. The summed E-state index contributed by atoms with van der Waals surface area (Å²) in [5.74, 6) is -1.18. The maximum absolute atomic E-state index is 13.3. The van der Waals surface area contributed by atoms with Crippen LogP contribution in [0.4, 0.5) is 0 Å². The molecule has 0 saturated carbocycles. The van der Waals surface area contributed by atoms with E-state index in [1.54, 1.807) is 35.8 Å². The highest BCUT2D eigenvalue weighted by molar-refractivity contribution is 5.88. The number of aromatic hydroxyl groups is 1. The molecule has 30 heavy (non-hydrogen) atoms. The molecule has 0 unspecified atom stereocenters. The lowest BCUT2D eigenvalue weighted by Crippen LogP contribution is -2.47. The number of carbonyl (C=O) groups is 2. The van der Waals surface area contributed by atoms with Crippen LogP contribution in [0.5, 0.6) is 5.75 Å². The molecule has 2 aromatic heterocycles. The predicted molar refractivity (Wildman–Crippen MR) is 106 cm³/mol. The molecular weight excluding hydrogens is 388 g/mol. The molecule has 0 aliphatic carbocycles. The van der Waals surface area contributed by atoms with Crippen molar-refractivity contribution >= 4 is 22.8 Å². The Morgan fingerprint density at radius 2 is 2.10 bits per heavy atom. The largest absolute Gasteiger partial charge is 0.508 e. The van der Waals surface area contributed by atoms with Gasteiger partial charge in [-0.05, 0) is 36.8 Å². The molecule has 0 bridgehead atoms. The first-order valence-electron chi connectivity index (χ1n) is 9.61. The predicted octanol–water partition coefficient (Wildman–Crippen LogP) is 2.36. The molecule has 8 nitrogen and oxygen atoms in total. The zero-order valence-electron chi connectivity index (χ0n) is 16.4. The maximum atomic E-state index is 13.3. The van der Waals surface area contributed by atoms with Crippen molar-refractivity contribution in [1.29, 1.82) is 0 Å². The van der Waals surface area contributed by atoms with Crippen LogP contribution in [0, 0.1) is 0 Å². The molecule has 152 valence electrons. The van der Waals surface area contributed by atoms with Gasteiger partial charge in [0.1, 0.15) is 12.4 Å². The quantitative estimate of drug-likeness (QED) is 0.509.